The molecule has 0 fully saturated rings. The molecule has 26 heavy (non-hydrogen) atoms. The molecule has 0 N–H and O–H groups in total. The number of hydrogen-bond donors (Lipinski definition) is 0. The van der Waals surface area contributed by atoms with Gasteiger partial charge in [-0.1, -0.05) is 24.3 Å². The molecule has 2 aromatic rings. The molecule has 0 radical (unpaired) electrons. The van der Waals surface area contributed by atoms with Crippen LogP contribution in [0.15, 0.2) is 58.7 Å². The Morgan fingerprint density at radius 3 is 1.08 bits per heavy atom. The average molecular weight is 346 g/mol. The van der Waals surface area contributed by atoms with Crippen LogP contribution in [0.5, 0.6) is 0 Å². The highest BCUT2D eigenvalue weighted by Gasteiger charge is 2.36. The highest BCUT2D eigenvalue weighted by molar-refractivity contribution is 6.24. The Morgan fingerprint density at radius 1 is 0.538 bits per heavy atom. The van der Waals surface area contributed by atoms with Crippen LogP contribution in [0.1, 0.15) is 41.4 Å². The summed E-state index contributed by atoms with van der Waals surface area (Å²) in [6.45, 7) is 0. The zero-order chi connectivity index (χ0) is 18.3. The third-order valence-electron chi connectivity index (χ3n) is 3.98. The number of carbonyl (C=O) groups excluding carboxylic acids is 4. The van der Waals surface area contributed by atoms with E-state index in [0.29, 0.717) is 10.0 Å². The van der Waals surface area contributed by atoms with Crippen LogP contribution >= 0.6 is 0 Å². The van der Waals surface area contributed by atoms with Gasteiger partial charge in [0.15, 0.2) is 0 Å². The smallest absolute Gasteiger partial charge is 0.267 e. The van der Waals surface area contributed by atoms with Crippen molar-refractivity contribution < 1.29 is 19.2 Å². The highest BCUT2D eigenvalue weighted by atomic mass is 16.2. The van der Waals surface area contributed by atoms with Crippen molar-refractivity contribution in [3.05, 3.63) is 70.8 Å². The van der Waals surface area contributed by atoms with Gasteiger partial charge in [-0.3, -0.25) is 19.2 Å². The van der Waals surface area contributed by atoms with Gasteiger partial charge in [-0.25, -0.2) is 0 Å². The molecule has 8 nitrogen and oxygen atoms in total. The monoisotopic (exact) mass is 346 g/mol. The first-order chi connectivity index (χ1) is 12.6. The summed E-state index contributed by atoms with van der Waals surface area (Å²) < 4.78 is 0. The molecule has 8 heteroatoms. The summed E-state index contributed by atoms with van der Waals surface area (Å²) in [5.41, 5.74) is 1.08. The minimum absolute atomic E-state index is 0.270. The normalized spacial score (nSPS) is 16.3. The van der Waals surface area contributed by atoms with Crippen molar-refractivity contribution in [2.45, 2.75) is 0 Å². The zero-order valence-corrected chi connectivity index (χ0v) is 13.2. The number of nitrogens with zero attached hydrogens (tertiary/aromatic N) is 4. The molecule has 2 aliphatic rings. The van der Waals surface area contributed by atoms with E-state index in [9.17, 15) is 19.2 Å². The van der Waals surface area contributed by atoms with Crippen molar-refractivity contribution in [1.29, 1.82) is 0 Å². The molecule has 0 atom stereocenters. The molecule has 2 aliphatic heterocycles. The number of amides is 4. The molecule has 2 aromatic carbocycles. The van der Waals surface area contributed by atoms with Gasteiger partial charge >= 0.3 is 0 Å². The summed E-state index contributed by atoms with van der Waals surface area (Å²) in [6.07, 6.45) is 2.15. The topological polar surface area (TPSA) is 99.5 Å². The van der Waals surface area contributed by atoms with Gasteiger partial charge in [-0.05, 0) is 24.3 Å². The standard InChI is InChI=1S/C18H10N4O4/c23-15-11-5-1-2-6-12(11)16(24)21(15)19-9-10-20-22-17(25)13-7-3-4-8-14(13)18(22)26/h1-10H. The van der Waals surface area contributed by atoms with Gasteiger partial charge in [0.1, 0.15) is 0 Å². The summed E-state index contributed by atoms with van der Waals surface area (Å²) in [7, 11) is 0. The second-order valence-electron chi connectivity index (χ2n) is 5.46. The number of imide groups is 2. The van der Waals surface area contributed by atoms with E-state index < -0.39 is 23.6 Å². The molecule has 0 aromatic heterocycles. The minimum Gasteiger partial charge on any atom is -0.267 e. The van der Waals surface area contributed by atoms with Crippen LogP contribution in [0.25, 0.3) is 0 Å². The molecule has 0 saturated heterocycles. The van der Waals surface area contributed by atoms with Crippen LogP contribution in [0.3, 0.4) is 0 Å². The maximum Gasteiger partial charge on any atom is 0.282 e. The molecule has 0 unspecified atom stereocenters. The molecule has 0 bridgehead atoms. The van der Waals surface area contributed by atoms with Gasteiger partial charge in [0, 0.05) is 0 Å². The number of hydrazone groups is 2. The molecule has 0 saturated carbocycles. The third kappa shape index (κ3) is 2.24. The van der Waals surface area contributed by atoms with E-state index in [1.165, 1.54) is 24.3 Å². The van der Waals surface area contributed by atoms with Crippen molar-refractivity contribution in [3.8, 4) is 0 Å². The summed E-state index contributed by atoms with van der Waals surface area (Å²) in [4.78, 5) is 48.6. The van der Waals surface area contributed by atoms with E-state index in [1.54, 1.807) is 24.3 Å². The number of benzene rings is 2. The molecule has 0 aliphatic carbocycles. The Morgan fingerprint density at radius 2 is 0.808 bits per heavy atom. The van der Waals surface area contributed by atoms with Crippen molar-refractivity contribution in [1.82, 2.24) is 10.0 Å². The second kappa shape index (κ2) is 5.85. The Hall–Kier alpha value is -3.94. The maximum atomic E-state index is 12.1. The highest BCUT2D eigenvalue weighted by Crippen LogP contribution is 2.23. The quantitative estimate of drug-likeness (QED) is 0.622. The number of fused-ring (bicyclic) bond motifs is 2. The van der Waals surface area contributed by atoms with E-state index in [2.05, 4.69) is 10.2 Å². The second-order valence-corrected chi connectivity index (χ2v) is 5.46. The third-order valence-corrected chi connectivity index (χ3v) is 3.98. The molecular weight excluding hydrogens is 336 g/mol. The van der Waals surface area contributed by atoms with Gasteiger partial charge in [0.2, 0.25) is 0 Å². The fraction of sp³-hybridized carbons (Fsp3) is 0. The van der Waals surface area contributed by atoms with Crippen molar-refractivity contribution in [3.63, 3.8) is 0 Å². The lowest BCUT2D eigenvalue weighted by Crippen LogP contribution is -2.25. The Labute approximate surface area is 147 Å². The maximum absolute atomic E-state index is 12.1. The zero-order valence-electron chi connectivity index (χ0n) is 13.2. The first-order valence-corrected chi connectivity index (χ1v) is 7.62. The van der Waals surface area contributed by atoms with Crippen molar-refractivity contribution >= 4 is 36.1 Å². The van der Waals surface area contributed by atoms with Crippen molar-refractivity contribution in [2.75, 3.05) is 0 Å². The molecular formula is C18H10N4O4. The first kappa shape index (κ1) is 15.6. The summed E-state index contributed by atoms with van der Waals surface area (Å²) in [5, 5.41) is 8.96. The van der Waals surface area contributed by atoms with Crippen LogP contribution in [0.4, 0.5) is 0 Å². The lowest BCUT2D eigenvalue weighted by molar-refractivity contribution is 0.0643. The summed E-state index contributed by atoms with van der Waals surface area (Å²) in [6, 6.07) is 12.8. The van der Waals surface area contributed by atoms with Crippen LogP contribution in [-0.4, -0.2) is 46.1 Å². The molecule has 0 spiro atoms. The van der Waals surface area contributed by atoms with E-state index in [-0.39, 0.29) is 22.3 Å². The first-order valence-electron chi connectivity index (χ1n) is 7.62. The van der Waals surface area contributed by atoms with E-state index >= 15 is 0 Å². The van der Waals surface area contributed by atoms with Gasteiger partial charge in [-0.15, -0.1) is 0 Å². The van der Waals surface area contributed by atoms with Gasteiger partial charge in [-0.2, -0.15) is 20.2 Å². The van der Waals surface area contributed by atoms with Crippen LogP contribution in [0, 0.1) is 0 Å². The molecule has 126 valence electrons. The van der Waals surface area contributed by atoms with Gasteiger partial charge in [0.05, 0.1) is 34.7 Å². The SMILES string of the molecule is O=C1c2ccccc2C(=O)N1N=CC=NN1C(=O)c2ccccc2C1=O. The predicted molar refractivity (Wildman–Crippen MR) is 90.9 cm³/mol. The van der Waals surface area contributed by atoms with E-state index in [1.807, 2.05) is 0 Å². The van der Waals surface area contributed by atoms with Crippen molar-refractivity contribution in [2.24, 2.45) is 10.2 Å². The predicted octanol–water partition coefficient (Wildman–Crippen LogP) is 1.55. The largest absolute Gasteiger partial charge is 0.282 e. The Kier molecular flexibility index (Phi) is 3.51. The lowest BCUT2D eigenvalue weighted by Gasteiger charge is -2.05. The number of rotatable bonds is 3. The molecule has 4 amide bonds. The lowest BCUT2D eigenvalue weighted by atomic mass is 10.1. The van der Waals surface area contributed by atoms with Gasteiger partial charge < -0.3 is 0 Å². The van der Waals surface area contributed by atoms with E-state index in [4.69, 9.17) is 0 Å². The van der Waals surface area contributed by atoms with Crippen LogP contribution < -0.4 is 0 Å². The van der Waals surface area contributed by atoms with Gasteiger partial charge in [0.25, 0.3) is 23.6 Å². The fourth-order valence-corrected chi connectivity index (χ4v) is 2.76. The molecule has 4 rings (SSSR count). The van der Waals surface area contributed by atoms with Crippen LogP contribution in [-0.2, 0) is 0 Å². The fourth-order valence-electron chi connectivity index (χ4n) is 2.76. The number of carbonyl (C=O) groups is 4. The average Bonchev–Trinajstić information content (AvgIpc) is 3.06. The van der Waals surface area contributed by atoms with Crippen LogP contribution in [0.2, 0.25) is 0 Å². The number of hydrogen-bond acceptors (Lipinski definition) is 6. The molecule has 2 heterocycles. The Balaban J connectivity index is 1.50. The summed E-state index contributed by atoms with van der Waals surface area (Å²) in [5.74, 6) is -2.18. The Bertz CT molecular complexity index is 887. The van der Waals surface area contributed by atoms with E-state index in [0.717, 1.165) is 12.4 Å². The minimum atomic E-state index is -0.545. The summed E-state index contributed by atoms with van der Waals surface area (Å²) >= 11 is 0.